The normalized spacial score (nSPS) is 17.5. The molecule has 0 aliphatic carbocycles. The van der Waals surface area contributed by atoms with E-state index in [4.69, 9.17) is 4.74 Å². The van der Waals surface area contributed by atoms with Gasteiger partial charge in [0, 0.05) is 19.2 Å². The fourth-order valence-corrected chi connectivity index (χ4v) is 4.22. The average molecular weight is 372 g/mol. The Morgan fingerprint density at radius 3 is 2.76 bits per heavy atom. The summed E-state index contributed by atoms with van der Waals surface area (Å²) in [7, 11) is -2.45. The number of hydrogen-bond donors (Lipinski definition) is 1. The van der Waals surface area contributed by atoms with Gasteiger partial charge in [-0.3, -0.25) is 0 Å². The SMILES string of the molecule is COCc1nc2n(n1)CCC[C@H]2NS(=O)(=O)Cc1c(F)cccc1F. The van der Waals surface area contributed by atoms with Gasteiger partial charge in [0.15, 0.2) is 5.82 Å². The molecule has 0 bridgehead atoms. The minimum Gasteiger partial charge on any atom is -0.377 e. The van der Waals surface area contributed by atoms with Crippen LogP contribution >= 0.6 is 0 Å². The van der Waals surface area contributed by atoms with E-state index >= 15 is 0 Å². The molecule has 1 N–H and O–H groups in total. The van der Waals surface area contributed by atoms with Gasteiger partial charge < -0.3 is 4.74 Å². The van der Waals surface area contributed by atoms with Gasteiger partial charge in [-0.05, 0) is 25.0 Å². The second-order valence-electron chi connectivity index (χ2n) is 5.81. The van der Waals surface area contributed by atoms with Gasteiger partial charge in [0.1, 0.15) is 24.1 Å². The standard InChI is InChI=1S/C15H18F2N4O3S/c1-24-8-14-18-15-13(6-3-7-21(15)19-14)20-25(22,23)9-10-11(16)4-2-5-12(10)17/h2,4-5,13,20H,3,6-9H2,1H3/t13-/m1/s1. The van der Waals surface area contributed by atoms with E-state index in [0.29, 0.717) is 31.0 Å². The third-order valence-corrected chi connectivity index (χ3v) is 5.22. The molecule has 3 rings (SSSR count). The van der Waals surface area contributed by atoms with Crippen molar-refractivity contribution in [1.82, 2.24) is 19.5 Å². The first-order chi connectivity index (χ1) is 11.9. The summed E-state index contributed by atoms with van der Waals surface area (Å²) < 4.78 is 61.3. The van der Waals surface area contributed by atoms with Crippen molar-refractivity contribution in [2.24, 2.45) is 0 Å². The molecule has 0 fully saturated rings. The van der Waals surface area contributed by atoms with E-state index in [2.05, 4.69) is 14.8 Å². The number of halogens is 2. The van der Waals surface area contributed by atoms with Gasteiger partial charge >= 0.3 is 0 Å². The van der Waals surface area contributed by atoms with Crippen molar-refractivity contribution < 1.29 is 21.9 Å². The zero-order valence-corrected chi connectivity index (χ0v) is 14.4. The summed E-state index contributed by atoms with van der Waals surface area (Å²) in [4.78, 5) is 4.30. The Labute approximate surface area is 144 Å². The van der Waals surface area contributed by atoms with Crippen molar-refractivity contribution in [2.75, 3.05) is 7.11 Å². The number of ether oxygens (including phenoxy) is 1. The molecule has 2 aromatic rings. The fourth-order valence-electron chi connectivity index (χ4n) is 2.82. The van der Waals surface area contributed by atoms with E-state index in [9.17, 15) is 17.2 Å². The van der Waals surface area contributed by atoms with Crippen molar-refractivity contribution in [3.63, 3.8) is 0 Å². The largest absolute Gasteiger partial charge is 0.377 e. The van der Waals surface area contributed by atoms with Gasteiger partial charge in [-0.2, -0.15) is 5.10 Å². The number of nitrogens with one attached hydrogen (secondary N) is 1. The predicted molar refractivity (Wildman–Crippen MR) is 84.8 cm³/mol. The van der Waals surface area contributed by atoms with Crippen molar-refractivity contribution in [3.05, 3.63) is 47.0 Å². The third kappa shape index (κ3) is 4.02. The zero-order chi connectivity index (χ0) is 18.0. The highest BCUT2D eigenvalue weighted by atomic mass is 32.2. The average Bonchev–Trinajstić information content (AvgIpc) is 2.95. The molecule has 25 heavy (non-hydrogen) atoms. The quantitative estimate of drug-likeness (QED) is 0.833. The number of nitrogens with zero attached hydrogens (tertiary/aromatic N) is 3. The smallest absolute Gasteiger partial charge is 0.216 e. The fraction of sp³-hybridized carbons (Fsp3) is 0.467. The molecule has 1 aliphatic heterocycles. The lowest BCUT2D eigenvalue weighted by molar-refractivity contribution is 0.177. The molecule has 10 heteroatoms. The number of methoxy groups -OCH3 is 1. The van der Waals surface area contributed by atoms with Crippen LogP contribution in [-0.2, 0) is 33.7 Å². The van der Waals surface area contributed by atoms with Crippen molar-refractivity contribution in [3.8, 4) is 0 Å². The van der Waals surface area contributed by atoms with Crippen molar-refractivity contribution in [1.29, 1.82) is 0 Å². The number of aromatic nitrogens is 3. The van der Waals surface area contributed by atoms with Crippen LogP contribution in [0.2, 0.25) is 0 Å². The van der Waals surface area contributed by atoms with E-state index in [1.54, 1.807) is 4.68 Å². The molecule has 1 aromatic carbocycles. The minimum absolute atomic E-state index is 0.222. The van der Waals surface area contributed by atoms with Gasteiger partial charge in [-0.25, -0.2) is 31.6 Å². The lowest BCUT2D eigenvalue weighted by Gasteiger charge is -2.23. The first-order valence-corrected chi connectivity index (χ1v) is 9.40. The zero-order valence-electron chi connectivity index (χ0n) is 13.6. The second kappa shape index (κ2) is 7.14. The van der Waals surface area contributed by atoms with Gasteiger partial charge in [0.2, 0.25) is 10.0 Å². The topological polar surface area (TPSA) is 86.1 Å². The lowest BCUT2D eigenvalue weighted by atomic mass is 10.1. The summed E-state index contributed by atoms with van der Waals surface area (Å²) in [5.41, 5.74) is -0.479. The maximum Gasteiger partial charge on any atom is 0.216 e. The molecule has 0 saturated heterocycles. The highest BCUT2D eigenvalue weighted by molar-refractivity contribution is 7.88. The molecule has 1 aliphatic rings. The van der Waals surface area contributed by atoms with Crippen LogP contribution in [-0.4, -0.2) is 30.3 Å². The van der Waals surface area contributed by atoms with E-state index in [1.165, 1.54) is 13.2 Å². The van der Waals surface area contributed by atoms with E-state index in [-0.39, 0.29) is 6.61 Å². The maximum atomic E-state index is 13.7. The number of sulfonamides is 1. The summed E-state index contributed by atoms with van der Waals surface area (Å²) in [6, 6.07) is 2.66. The molecule has 136 valence electrons. The van der Waals surface area contributed by atoms with E-state index in [1.807, 2.05) is 0 Å². The van der Waals surface area contributed by atoms with Crippen LogP contribution in [0.15, 0.2) is 18.2 Å². The highest BCUT2D eigenvalue weighted by Gasteiger charge is 2.29. The van der Waals surface area contributed by atoms with Crippen molar-refractivity contribution >= 4 is 10.0 Å². The summed E-state index contributed by atoms with van der Waals surface area (Å²) in [5, 5.41) is 4.26. The Bertz CT molecular complexity index is 849. The molecule has 7 nitrogen and oxygen atoms in total. The summed E-state index contributed by atoms with van der Waals surface area (Å²) in [5.74, 6) is -1.61. The minimum atomic E-state index is -3.97. The predicted octanol–water partition coefficient (Wildman–Crippen LogP) is 1.66. The number of benzene rings is 1. The Kier molecular flexibility index (Phi) is 5.11. The maximum absolute atomic E-state index is 13.7. The van der Waals surface area contributed by atoms with Gasteiger partial charge in [0.05, 0.1) is 11.8 Å². The Hall–Kier alpha value is -1.91. The van der Waals surface area contributed by atoms with E-state index < -0.39 is 39.0 Å². The van der Waals surface area contributed by atoms with Crippen LogP contribution in [0, 0.1) is 11.6 Å². The number of aryl methyl sites for hydroxylation is 1. The summed E-state index contributed by atoms with van der Waals surface area (Å²) >= 11 is 0. The second-order valence-corrected chi connectivity index (χ2v) is 7.57. The molecule has 0 radical (unpaired) electrons. The van der Waals surface area contributed by atoms with Crippen molar-refractivity contribution in [2.45, 2.75) is 37.8 Å². The molecule has 0 unspecified atom stereocenters. The van der Waals surface area contributed by atoms with Crippen LogP contribution in [0.1, 0.15) is 36.1 Å². The lowest BCUT2D eigenvalue weighted by Crippen LogP contribution is -2.34. The van der Waals surface area contributed by atoms with Gasteiger partial charge in [0.25, 0.3) is 0 Å². The first-order valence-electron chi connectivity index (χ1n) is 7.75. The number of rotatable bonds is 6. The molecule has 1 aromatic heterocycles. The Morgan fingerprint density at radius 1 is 1.36 bits per heavy atom. The Morgan fingerprint density at radius 2 is 2.08 bits per heavy atom. The van der Waals surface area contributed by atoms with Crippen LogP contribution in [0.25, 0.3) is 0 Å². The van der Waals surface area contributed by atoms with E-state index in [0.717, 1.165) is 12.1 Å². The van der Waals surface area contributed by atoms with Crippen LogP contribution in [0.4, 0.5) is 8.78 Å². The number of fused-ring (bicyclic) bond motifs is 1. The number of hydrogen-bond acceptors (Lipinski definition) is 5. The highest BCUT2D eigenvalue weighted by Crippen LogP contribution is 2.25. The summed E-state index contributed by atoms with van der Waals surface area (Å²) in [6.45, 7) is 0.853. The van der Waals surface area contributed by atoms with Crippen LogP contribution < -0.4 is 4.72 Å². The Balaban J connectivity index is 1.80. The van der Waals surface area contributed by atoms with Gasteiger partial charge in [-0.1, -0.05) is 6.07 Å². The molecule has 0 amide bonds. The van der Waals surface area contributed by atoms with Crippen LogP contribution in [0.3, 0.4) is 0 Å². The molecule has 0 spiro atoms. The first kappa shape index (κ1) is 17.9. The molecule has 0 saturated carbocycles. The van der Waals surface area contributed by atoms with Crippen LogP contribution in [0.5, 0.6) is 0 Å². The molecular formula is C15H18F2N4O3S. The third-order valence-electron chi connectivity index (χ3n) is 3.91. The molecule has 1 atom stereocenters. The monoisotopic (exact) mass is 372 g/mol. The van der Waals surface area contributed by atoms with Gasteiger partial charge in [-0.15, -0.1) is 0 Å². The summed E-state index contributed by atoms with van der Waals surface area (Å²) in [6.07, 6.45) is 1.24. The molecular weight excluding hydrogens is 354 g/mol. The molecule has 2 heterocycles.